The molecule has 1 aromatic carbocycles. The maximum absolute atomic E-state index is 6.70. The molecule has 0 heterocycles. The lowest BCUT2D eigenvalue weighted by atomic mass is 9.78. The van der Waals surface area contributed by atoms with Gasteiger partial charge in [0, 0.05) is 12.6 Å². The van der Waals surface area contributed by atoms with Crippen LogP contribution in [-0.4, -0.2) is 25.9 Å². The number of hydrogen-bond donors (Lipinski definition) is 1. The number of benzene rings is 1. The highest BCUT2D eigenvalue weighted by atomic mass is 16.5. The molecule has 3 nitrogen and oxygen atoms in total. The van der Waals surface area contributed by atoms with Gasteiger partial charge in [0.25, 0.3) is 0 Å². The normalized spacial score (nSPS) is 27.0. The lowest BCUT2D eigenvalue weighted by Gasteiger charge is -2.32. The summed E-state index contributed by atoms with van der Waals surface area (Å²) in [5.74, 6) is 0.921. The van der Waals surface area contributed by atoms with E-state index >= 15 is 0 Å². The standard InChI is InChI=1S/C20H27NO2/c1-14-9-10-20(21)13-17(23-3)12-19(20)18(14)8-7-15-5-4-6-16(11-15)22-2/h4-6,9,11,17H,7-8,10,12-13,21H2,1-3H3/t17-,20+/m0/s1. The van der Waals surface area contributed by atoms with E-state index in [2.05, 4.69) is 31.2 Å². The van der Waals surface area contributed by atoms with Crippen LogP contribution in [0.3, 0.4) is 0 Å². The smallest absolute Gasteiger partial charge is 0.119 e. The van der Waals surface area contributed by atoms with Gasteiger partial charge >= 0.3 is 0 Å². The Bertz CT molecular complexity index is 647. The van der Waals surface area contributed by atoms with Gasteiger partial charge in [-0.05, 0) is 67.9 Å². The Kier molecular flexibility index (Phi) is 4.60. The molecule has 0 unspecified atom stereocenters. The van der Waals surface area contributed by atoms with Crippen LogP contribution < -0.4 is 10.5 Å². The van der Waals surface area contributed by atoms with E-state index in [0.717, 1.165) is 37.9 Å². The molecular weight excluding hydrogens is 286 g/mol. The number of rotatable bonds is 5. The summed E-state index contributed by atoms with van der Waals surface area (Å²) in [6.45, 7) is 2.22. The zero-order chi connectivity index (χ0) is 16.4. The molecule has 0 aromatic heterocycles. The van der Waals surface area contributed by atoms with E-state index in [1.807, 2.05) is 6.07 Å². The minimum Gasteiger partial charge on any atom is -0.497 e. The summed E-state index contributed by atoms with van der Waals surface area (Å²) in [6.07, 6.45) is 7.46. The Balaban J connectivity index is 1.81. The SMILES string of the molecule is COc1cccc(CCC2=C3C[C@H](OC)C[C@]3(N)CC=C2C)c1. The Morgan fingerprint density at radius 3 is 2.83 bits per heavy atom. The van der Waals surface area contributed by atoms with Crippen molar-refractivity contribution < 1.29 is 9.47 Å². The third-order valence-electron chi connectivity index (χ3n) is 5.37. The molecule has 0 radical (unpaired) electrons. The molecule has 0 aliphatic heterocycles. The quantitative estimate of drug-likeness (QED) is 0.899. The van der Waals surface area contributed by atoms with Crippen LogP contribution in [0.15, 0.2) is 47.1 Å². The van der Waals surface area contributed by atoms with Crippen LogP contribution in [-0.2, 0) is 11.2 Å². The van der Waals surface area contributed by atoms with Crippen LogP contribution in [0.1, 0.15) is 38.2 Å². The van der Waals surface area contributed by atoms with Gasteiger partial charge in [-0.25, -0.2) is 0 Å². The molecule has 3 heteroatoms. The molecule has 0 saturated heterocycles. The van der Waals surface area contributed by atoms with Gasteiger partial charge in [0.2, 0.25) is 0 Å². The van der Waals surface area contributed by atoms with Crippen LogP contribution in [0.4, 0.5) is 0 Å². The van der Waals surface area contributed by atoms with Crippen molar-refractivity contribution in [3.63, 3.8) is 0 Å². The maximum Gasteiger partial charge on any atom is 0.119 e. The second kappa shape index (κ2) is 6.50. The van der Waals surface area contributed by atoms with Gasteiger partial charge in [-0.15, -0.1) is 0 Å². The number of hydrogen-bond acceptors (Lipinski definition) is 3. The fourth-order valence-corrected chi connectivity index (χ4v) is 3.97. The summed E-state index contributed by atoms with van der Waals surface area (Å²) >= 11 is 0. The van der Waals surface area contributed by atoms with Crippen LogP contribution >= 0.6 is 0 Å². The summed E-state index contributed by atoms with van der Waals surface area (Å²) in [5, 5.41) is 0. The second-order valence-corrected chi connectivity index (χ2v) is 6.82. The average molecular weight is 313 g/mol. The van der Waals surface area contributed by atoms with E-state index in [1.54, 1.807) is 14.2 Å². The second-order valence-electron chi connectivity index (χ2n) is 6.82. The zero-order valence-corrected chi connectivity index (χ0v) is 14.4. The molecular formula is C20H27NO2. The first-order valence-corrected chi connectivity index (χ1v) is 8.40. The molecule has 0 spiro atoms. The van der Waals surface area contributed by atoms with Crippen molar-refractivity contribution in [3.05, 3.63) is 52.6 Å². The molecule has 124 valence electrons. The molecule has 2 aliphatic rings. The number of allylic oxidation sites excluding steroid dienone is 2. The summed E-state index contributed by atoms with van der Waals surface area (Å²) in [4.78, 5) is 0. The predicted octanol–water partition coefficient (Wildman–Crippen LogP) is 3.78. The minimum absolute atomic E-state index is 0.191. The molecule has 23 heavy (non-hydrogen) atoms. The Morgan fingerprint density at radius 1 is 1.26 bits per heavy atom. The summed E-state index contributed by atoms with van der Waals surface area (Å²) in [7, 11) is 3.51. The monoisotopic (exact) mass is 313 g/mol. The average Bonchev–Trinajstić information content (AvgIpc) is 2.91. The molecule has 2 N–H and O–H groups in total. The van der Waals surface area contributed by atoms with Crippen LogP contribution in [0.25, 0.3) is 0 Å². The third kappa shape index (κ3) is 3.22. The van der Waals surface area contributed by atoms with Crippen molar-refractivity contribution in [2.45, 2.75) is 50.7 Å². The lowest BCUT2D eigenvalue weighted by molar-refractivity contribution is 0.104. The first-order valence-electron chi connectivity index (χ1n) is 8.40. The number of methoxy groups -OCH3 is 2. The van der Waals surface area contributed by atoms with Crippen LogP contribution in [0.2, 0.25) is 0 Å². The van der Waals surface area contributed by atoms with E-state index < -0.39 is 0 Å². The van der Waals surface area contributed by atoms with E-state index in [0.29, 0.717) is 0 Å². The van der Waals surface area contributed by atoms with Gasteiger partial charge in [-0.2, -0.15) is 0 Å². The summed E-state index contributed by atoms with van der Waals surface area (Å²) < 4.78 is 10.9. The van der Waals surface area contributed by atoms with E-state index in [-0.39, 0.29) is 11.6 Å². The first kappa shape index (κ1) is 16.3. The fourth-order valence-electron chi connectivity index (χ4n) is 3.97. The predicted molar refractivity (Wildman–Crippen MR) is 93.7 cm³/mol. The highest BCUT2D eigenvalue weighted by Crippen LogP contribution is 2.45. The van der Waals surface area contributed by atoms with Crippen LogP contribution in [0, 0.1) is 0 Å². The molecule has 3 rings (SSSR count). The zero-order valence-electron chi connectivity index (χ0n) is 14.4. The topological polar surface area (TPSA) is 44.5 Å². The van der Waals surface area contributed by atoms with Gasteiger partial charge in [-0.1, -0.05) is 23.8 Å². The van der Waals surface area contributed by atoms with Crippen LogP contribution in [0.5, 0.6) is 5.75 Å². The van der Waals surface area contributed by atoms with Crippen molar-refractivity contribution in [1.29, 1.82) is 0 Å². The van der Waals surface area contributed by atoms with Gasteiger partial charge < -0.3 is 15.2 Å². The minimum atomic E-state index is -0.191. The van der Waals surface area contributed by atoms with Gasteiger partial charge in [0.1, 0.15) is 5.75 Å². The Hall–Kier alpha value is -1.58. The van der Waals surface area contributed by atoms with Gasteiger partial charge in [-0.3, -0.25) is 0 Å². The molecule has 1 saturated carbocycles. The third-order valence-corrected chi connectivity index (χ3v) is 5.37. The van der Waals surface area contributed by atoms with Crippen molar-refractivity contribution in [1.82, 2.24) is 0 Å². The molecule has 1 fully saturated rings. The highest BCUT2D eigenvalue weighted by Gasteiger charge is 2.42. The largest absolute Gasteiger partial charge is 0.497 e. The van der Waals surface area contributed by atoms with Crippen molar-refractivity contribution in [3.8, 4) is 5.75 Å². The molecule has 1 aromatic rings. The molecule has 0 amide bonds. The Labute approximate surface area is 139 Å². The number of nitrogens with two attached hydrogens (primary N) is 1. The maximum atomic E-state index is 6.70. The first-order chi connectivity index (χ1) is 11.1. The van der Waals surface area contributed by atoms with Gasteiger partial charge in [0.05, 0.1) is 13.2 Å². The molecule has 2 aliphatic carbocycles. The number of ether oxygens (including phenoxy) is 2. The molecule has 2 atom stereocenters. The van der Waals surface area contributed by atoms with E-state index in [4.69, 9.17) is 15.2 Å². The fraction of sp³-hybridized carbons (Fsp3) is 0.500. The van der Waals surface area contributed by atoms with Crippen molar-refractivity contribution in [2.24, 2.45) is 5.73 Å². The van der Waals surface area contributed by atoms with E-state index in [9.17, 15) is 0 Å². The van der Waals surface area contributed by atoms with Crippen molar-refractivity contribution in [2.75, 3.05) is 14.2 Å². The highest BCUT2D eigenvalue weighted by molar-refractivity contribution is 5.46. The Morgan fingerprint density at radius 2 is 2.09 bits per heavy atom. The van der Waals surface area contributed by atoms with E-state index in [1.165, 1.54) is 22.3 Å². The summed E-state index contributed by atoms with van der Waals surface area (Å²) in [5.41, 5.74) is 12.1. The summed E-state index contributed by atoms with van der Waals surface area (Å²) in [6, 6.07) is 8.33. The molecule has 0 bridgehead atoms. The number of aryl methyl sites for hydroxylation is 1. The lowest BCUT2D eigenvalue weighted by Crippen LogP contribution is -2.40. The van der Waals surface area contributed by atoms with Crippen molar-refractivity contribution >= 4 is 0 Å². The van der Waals surface area contributed by atoms with Gasteiger partial charge in [0.15, 0.2) is 0 Å². The number of fused-ring (bicyclic) bond motifs is 1.